The number of benzene rings is 1. The second-order valence-electron chi connectivity index (χ2n) is 7.17. The van der Waals surface area contributed by atoms with Gasteiger partial charge in [0, 0.05) is 43.7 Å². The van der Waals surface area contributed by atoms with E-state index < -0.39 is 0 Å². The zero-order chi connectivity index (χ0) is 19.5. The molecule has 1 aliphatic rings. The number of carbonyl (C=O) groups is 1. The van der Waals surface area contributed by atoms with Gasteiger partial charge in [0.25, 0.3) is 5.91 Å². The highest BCUT2D eigenvalue weighted by Gasteiger charge is 2.24. The van der Waals surface area contributed by atoms with Gasteiger partial charge >= 0.3 is 0 Å². The van der Waals surface area contributed by atoms with E-state index in [-0.39, 0.29) is 5.91 Å². The third-order valence-corrected chi connectivity index (χ3v) is 6.10. The molecule has 4 rings (SSSR count). The lowest BCUT2D eigenvalue weighted by Crippen LogP contribution is -2.48. The maximum atomic E-state index is 12.5. The van der Waals surface area contributed by atoms with Gasteiger partial charge in [-0.05, 0) is 31.0 Å². The molecule has 0 atom stereocenters. The van der Waals surface area contributed by atoms with E-state index in [0.29, 0.717) is 18.8 Å². The van der Waals surface area contributed by atoms with Gasteiger partial charge in [0.15, 0.2) is 5.76 Å². The normalized spacial score (nSPS) is 15.1. The third kappa shape index (κ3) is 4.18. The van der Waals surface area contributed by atoms with Crippen molar-refractivity contribution in [3.63, 3.8) is 0 Å². The Morgan fingerprint density at radius 2 is 1.86 bits per heavy atom. The van der Waals surface area contributed by atoms with Crippen LogP contribution in [0.3, 0.4) is 0 Å². The number of hydrogen-bond acceptors (Lipinski definition) is 5. The van der Waals surface area contributed by atoms with Crippen molar-refractivity contribution in [3.8, 4) is 10.6 Å². The molecular formula is C22H25N3O2S. The number of furan rings is 1. The molecule has 6 heteroatoms. The Kier molecular flexibility index (Phi) is 5.59. The van der Waals surface area contributed by atoms with Gasteiger partial charge in [-0.3, -0.25) is 9.69 Å². The van der Waals surface area contributed by atoms with Gasteiger partial charge in [-0.25, -0.2) is 4.98 Å². The molecule has 2 aromatic heterocycles. The summed E-state index contributed by atoms with van der Waals surface area (Å²) in [6, 6.07) is 12.2. The van der Waals surface area contributed by atoms with Gasteiger partial charge in [-0.15, -0.1) is 11.3 Å². The molecule has 1 aromatic carbocycles. The number of hydrogen-bond donors (Lipinski definition) is 0. The minimum Gasteiger partial charge on any atom is -0.456 e. The number of carbonyl (C=O) groups excluding carboxylic acids is 1. The number of piperazine rings is 1. The van der Waals surface area contributed by atoms with Gasteiger partial charge in [-0.2, -0.15) is 0 Å². The van der Waals surface area contributed by atoms with E-state index in [1.54, 1.807) is 17.4 Å². The summed E-state index contributed by atoms with van der Waals surface area (Å²) in [5.74, 6) is 1.19. The number of aryl methyl sites for hydroxylation is 2. The van der Waals surface area contributed by atoms with Gasteiger partial charge in [0.1, 0.15) is 10.8 Å². The Labute approximate surface area is 169 Å². The van der Waals surface area contributed by atoms with Crippen molar-refractivity contribution in [3.05, 3.63) is 64.6 Å². The number of thiazole rings is 1. The zero-order valence-electron chi connectivity index (χ0n) is 16.4. The van der Waals surface area contributed by atoms with Crippen LogP contribution in [0.25, 0.3) is 10.6 Å². The van der Waals surface area contributed by atoms with Gasteiger partial charge in [0.2, 0.25) is 0 Å². The Morgan fingerprint density at radius 1 is 1.11 bits per heavy atom. The molecule has 5 nitrogen and oxygen atoms in total. The minimum atomic E-state index is -0.0146. The summed E-state index contributed by atoms with van der Waals surface area (Å²) in [6.45, 7) is 7.98. The van der Waals surface area contributed by atoms with Gasteiger partial charge in [-0.1, -0.05) is 31.2 Å². The highest BCUT2D eigenvalue weighted by atomic mass is 32.1. The third-order valence-electron chi connectivity index (χ3n) is 5.16. The molecule has 0 bridgehead atoms. The van der Waals surface area contributed by atoms with Crippen LogP contribution in [0.5, 0.6) is 0 Å². The molecule has 3 aromatic rings. The molecule has 146 valence electrons. The second kappa shape index (κ2) is 8.29. The maximum Gasteiger partial charge on any atom is 0.289 e. The van der Waals surface area contributed by atoms with Crippen LogP contribution >= 0.6 is 11.3 Å². The molecule has 1 saturated heterocycles. The molecule has 0 saturated carbocycles. The van der Waals surface area contributed by atoms with Crippen LogP contribution in [-0.4, -0.2) is 46.9 Å². The molecule has 3 heterocycles. The van der Waals surface area contributed by atoms with E-state index in [0.717, 1.165) is 42.5 Å². The maximum absolute atomic E-state index is 12.5. The molecule has 0 unspecified atom stereocenters. The van der Waals surface area contributed by atoms with Crippen molar-refractivity contribution in [2.24, 2.45) is 0 Å². The number of nitrogens with zero attached hydrogens (tertiary/aromatic N) is 3. The lowest BCUT2D eigenvalue weighted by atomic mass is 10.1. The second-order valence-corrected chi connectivity index (χ2v) is 8.03. The lowest BCUT2D eigenvalue weighted by Gasteiger charge is -2.33. The Morgan fingerprint density at radius 3 is 2.50 bits per heavy atom. The number of rotatable bonds is 5. The molecule has 0 spiro atoms. The van der Waals surface area contributed by atoms with Crippen LogP contribution in [0.4, 0.5) is 0 Å². The first-order chi connectivity index (χ1) is 13.6. The van der Waals surface area contributed by atoms with Crippen LogP contribution in [0.15, 0.2) is 46.2 Å². The van der Waals surface area contributed by atoms with Crippen molar-refractivity contribution >= 4 is 17.2 Å². The number of aromatic nitrogens is 1. The van der Waals surface area contributed by atoms with E-state index in [4.69, 9.17) is 9.40 Å². The van der Waals surface area contributed by atoms with Gasteiger partial charge in [0.05, 0.1) is 5.69 Å². The molecule has 0 radical (unpaired) electrons. The zero-order valence-corrected chi connectivity index (χ0v) is 17.2. The summed E-state index contributed by atoms with van der Waals surface area (Å²) in [7, 11) is 0. The summed E-state index contributed by atoms with van der Waals surface area (Å²) in [5, 5.41) is 3.21. The molecule has 1 aliphatic heterocycles. The van der Waals surface area contributed by atoms with Crippen LogP contribution < -0.4 is 0 Å². The monoisotopic (exact) mass is 395 g/mol. The lowest BCUT2D eigenvalue weighted by molar-refractivity contribution is 0.0595. The first-order valence-corrected chi connectivity index (χ1v) is 10.6. The Balaban J connectivity index is 1.32. The minimum absolute atomic E-state index is 0.0146. The summed E-state index contributed by atoms with van der Waals surface area (Å²) in [5.41, 5.74) is 3.62. The van der Waals surface area contributed by atoms with E-state index in [1.165, 1.54) is 11.1 Å². The summed E-state index contributed by atoms with van der Waals surface area (Å²) in [6.07, 6.45) is 1.05. The topological polar surface area (TPSA) is 49.6 Å². The average molecular weight is 396 g/mol. The molecule has 0 N–H and O–H groups in total. The predicted molar refractivity (Wildman–Crippen MR) is 112 cm³/mol. The smallest absolute Gasteiger partial charge is 0.289 e. The molecular weight excluding hydrogens is 370 g/mol. The van der Waals surface area contributed by atoms with E-state index in [9.17, 15) is 4.79 Å². The standard InChI is InChI=1S/C22H25N3O2S/c1-3-17-5-7-18(8-6-17)21-23-19(15-28-21)14-24-10-12-25(13-11-24)22(26)20-9-4-16(2)27-20/h4-9,15H,3,10-14H2,1-2H3. The first kappa shape index (κ1) is 18.9. The molecule has 0 aliphatic carbocycles. The Bertz CT molecular complexity index is 937. The van der Waals surface area contributed by atoms with Crippen molar-refractivity contribution in [1.29, 1.82) is 0 Å². The van der Waals surface area contributed by atoms with Gasteiger partial charge < -0.3 is 9.32 Å². The van der Waals surface area contributed by atoms with Crippen molar-refractivity contribution in [2.75, 3.05) is 26.2 Å². The largest absolute Gasteiger partial charge is 0.456 e. The molecule has 1 amide bonds. The Hall–Kier alpha value is -2.44. The SMILES string of the molecule is CCc1ccc(-c2nc(CN3CCN(C(=O)c4ccc(C)o4)CC3)cs2)cc1. The van der Waals surface area contributed by atoms with Crippen LogP contribution in [0.1, 0.15) is 34.5 Å². The van der Waals surface area contributed by atoms with E-state index >= 15 is 0 Å². The summed E-state index contributed by atoms with van der Waals surface area (Å²) < 4.78 is 5.47. The predicted octanol–water partition coefficient (Wildman–Crippen LogP) is 4.23. The highest BCUT2D eigenvalue weighted by Crippen LogP contribution is 2.25. The highest BCUT2D eigenvalue weighted by molar-refractivity contribution is 7.13. The van der Waals surface area contributed by atoms with Crippen LogP contribution in [0, 0.1) is 6.92 Å². The van der Waals surface area contributed by atoms with Crippen LogP contribution in [0.2, 0.25) is 0 Å². The molecule has 1 fully saturated rings. The fourth-order valence-corrected chi connectivity index (χ4v) is 4.26. The first-order valence-electron chi connectivity index (χ1n) is 9.74. The van der Waals surface area contributed by atoms with Crippen molar-refractivity contribution in [1.82, 2.24) is 14.8 Å². The summed E-state index contributed by atoms with van der Waals surface area (Å²) in [4.78, 5) is 21.5. The van der Waals surface area contributed by atoms with Crippen LogP contribution in [-0.2, 0) is 13.0 Å². The van der Waals surface area contributed by atoms with E-state index in [1.807, 2.05) is 17.9 Å². The van der Waals surface area contributed by atoms with Crippen molar-refractivity contribution < 1.29 is 9.21 Å². The summed E-state index contributed by atoms with van der Waals surface area (Å²) >= 11 is 1.70. The van der Waals surface area contributed by atoms with E-state index in [2.05, 4.69) is 41.5 Å². The fraction of sp³-hybridized carbons (Fsp3) is 0.364. The molecule has 28 heavy (non-hydrogen) atoms. The quantitative estimate of drug-likeness (QED) is 0.649. The number of amides is 1. The fourth-order valence-electron chi connectivity index (χ4n) is 3.44. The van der Waals surface area contributed by atoms with Crippen molar-refractivity contribution in [2.45, 2.75) is 26.8 Å². The average Bonchev–Trinajstić information content (AvgIpc) is 3.37.